The van der Waals surface area contributed by atoms with Crippen LogP contribution in [0.25, 0.3) is 0 Å². The number of rotatable bonds is 0. The van der Waals surface area contributed by atoms with Crippen LogP contribution < -0.4 is 5.73 Å². The van der Waals surface area contributed by atoms with Crippen molar-refractivity contribution in [2.75, 3.05) is 0 Å². The molecular weight excluding hydrogens is 150 g/mol. The molecule has 0 aromatic heterocycles. The van der Waals surface area contributed by atoms with Gasteiger partial charge < -0.3 is 10.6 Å². The van der Waals surface area contributed by atoms with E-state index in [1.807, 2.05) is 41.6 Å². The van der Waals surface area contributed by atoms with Crippen LogP contribution in [0.5, 0.6) is 0 Å². The van der Waals surface area contributed by atoms with Crippen molar-refractivity contribution >= 4 is 5.84 Å². The number of allylic oxidation sites excluding steroid dienone is 3. The molecule has 0 aromatic rings. The summed E-state index contributed by atoms with van der Waals surface area (Å²) in [6.45, 7) is 0. The highest BCUT2D eigenvalue weighted by atomic mass is 15.1. The highest BCUT2D eigenvalue weighted by Gasteiger charge is 2.05. The fourth-order valence-corrected chi connectivity index (χ4v) is 1.11. The number of fused-ring (bicyclic) bond motifs is 1. The second kappa shape index (κ2) is 2.70. The van der Waals surface area contributed by atoms with Crippen molar-refractivity contribution in [1.29, 1.82) is 0 Å². The fourth-order valence-electron chi connectivity index (χ4n) is 1.11. The van der Waals surface area contributed by atoms with Crippen LogP contribution in [0.3, 0.4) is 0 Å². The molecular formula is C9H9N3. The quantitative estimate of drug-likeness (QED) is 0.575. The van der Waals surface area contributed by atoms with Gasteiger partial charge in [0, 0.05) is 30.4 Å². The molecule has 0 fully saturated rings. The number of hydrogen-bond donors (Lipinski definition) is 1. The van der Waals surface area contributed by atoms with Crippen LogP contribution in [0.4, 0.5) is 0 Å². The molecule has 3 heteroatoms. The summed E-state index contributed by atoms with van der Waals surface area (Å²) in [6.07, 6.45) is 13.3. The standard InChI is InChI=1S/C9H9N3/c10-9-7-8-3-1-2-5-12(8)6-4-11-9/h1-7H,(H2,10,11). The SMILES string of the molecule is NC1=NC=CN2C=CC=CC2=C1. The Hall–Kier alpha value is -1.77. The van der Waals surface area contributed by atoms with E-state index in [2.05, 4.69) is 4.99 Å². The molecule has 2 heterocycles. The van der Waals surface area contributed by atoms with Crippen molar-refractivity contribution in [3.8, 4) is 0 Å². The summed E-state index contributed by atoms with van der Waals surface area (Å²) in [5.41, 5.74) is 6.61. The Morgan fingerprint density at radius 1 is 1.25 bits per heavy atom. The third-order valence-corrected chi connectivity index (χ3v) is 1.67. The molecule has 2 aliphatic rings. The molecule has 0 aliphatic carbocycles. The van der Waals surface area contributed by atoms with Crippen LogP contribution in [0.2, 0.25) is 0 Å². The average molecular weight is 159 g/mol. The molecule has 0 radical (unpaired) electrons. The Balaban J connectivity index is 2.41. The van der Waals surface area contributed by atoms with Crippen molar-refractivity contribution in [2.45, 2.75) is 0 Å². The minimum absolute atomic E-state index is 0.531. The van der Waals surface area contributed by atoms with Gasteiger partial charge in [0.25, 0.3) is 0 Å². The first kappa shape index (κ1) is 6.91. The minimum Gasteiger partial charge on any atom is -0.384 e. The third kappa shape index (κ3) is 1.16. The van der Waals surface area contributed by atoms with Gasteiger partial charge in [-0.2, -0.15) is 0 Å². The van der Waals surface area contributed by atoms with Crippen molar-refractivity contribution in [1.82, 2.24) is 4.90 Å². The second-order valence-electron chi connectivity index (χ2n) is 2.53. The van der Waals surface area contributed by atoms with E-state index in [9.17, 15) is 0 Å². The Bertz CT molecular complexity index is 332. The van der Waals surface area contributed by atoms with Crippen LogP contribution in [0.15, 0.2) is 53.6 Å². The van der Waals surface area contributed by atoms with Gasteiger partial charge in [0.2, 0.25) is 0 Å². The minimum atomic E-state index is 0.531. The number of aliphatic imine (C=N–C) groups is 1. The lowest BCUT2D eigenvalue weighted by atomic mass is 10.2. The van der Waals surface area contributed by atoms with E-state index in [0.29, 0.717) is 5.84 Å². The first-order chi connectivity index (χ1) is 5.86. The maximum atomic E-state index is 5.58. The Morgan fingerprint density at radius 3 is 3.08 bits per heavy atom. The molecule has 60 valence electrons. The predicted molar refractivity (Wildman–Crippen MR) is 49.0 cm³/mol. The van der Waals surface area contributed by atoms with Crippen LogP contribution in [0.1, 0.15) is 0 Å². The van der Waals surface area contributed by atoms with E-state index in [0.717, 1.165) is 5.70 Å². The largest absolute Gasteiger partial charge is 0.384 e. The van der Waals surface area contributed by atoms with Crippen molar-refractivity contribution in [3.63, 3.8) is 0 Å². The van der Waals surface area contributed by atoms with Gasteiger partial charge in [0.05, 0.1) is 0 Å². The van der Waals surface area contributed by atoms with Gasteiger partial charge >= 0.3 is 0 Å². The van der Waals surface area contributed by atoms with Gasteiger partial charge in [-0.25, -0.2) is 4.99 Å². The number of nitrogens with two attached hydrogens (primary N) is 1. The summed E-state index contributed by atoms with van der Waals surface area (Å²) in [5.74, 6) is 0.531. The van der Waals surface area contributed by atoms with E-state index < -0.39 is 0 Å². The molecule has 0 saturated carbocycles. The van der Waals surface area contributed by atoms with Gasteiger partial charge in [-0.3, -0.25) is 0 Å². The highest BCUT2D eigenvalue weighted by Crippen LogP contribution is 2.14. The zero-order chi connectivity index (χ0) is 8.39. The van der Waals surface area contributed by atoms with Crippen molar-refractivity contribution in [2.24, 2.45) is 10.7 Å². The number of nitrogens with zero attached hydrogens (tertiary/aromatic N) is 2. The molecule has 2 aliphatic heterocycles. The zero-order valence-corrected chi connectivity index (χ0v) is 6.51. The summed E-state index contributed by atoms with van der Waals surface area (Å²) >= 11 is 0. The van der Waals surface area contributed by atoms with Crippen LogP contribution in [-0.4, -0.2) is 10.7 Å². The average Bonchev–Trinajstić information content (AvgIpc) is 2.25. The second-order valence-corrected chi connectivity index (χ2v) is 2.53. The maximum Gasteiger partial charge on any atom is 0.125 e. The summed E-state index contributed by atoms with van der Waals surface area (Å²) in [5, 5.41) is 0. The molecule has 0 spiro atoms. The van der Waals surface area contributed by atoms with Gasteiger partial charge in [-0.15, -0.1) is 0 Å². The van der Waals surface area contributed by atoms with Crippen LogP contribution >= 0.6 is 0 Å². The Morgan fingerprint density at radius 2 is 2.17 bits per heavy atom. The number of amidine groups is 1. The molecule has 12 heavy (non-hydrogen) atoms. The molecule has 0 saturated heterocycles. The van der Waals surface area contributed by atoms with Gasteiger partial charge in [0.15, 0.2) is 0 Å². The summed E-state index contributed by atoms with van der Waals surface area (Å²) < 4.78 is 0. The first-order valence-corrected chi connectivity index (χ1v) is 3.71. The Kier molecular flexibility index (Phi) is 1.55. The topological polar surface area (TPSA) is 41.6 Å². The molecule has 2 rings (SSSR count). The number of hydrogen-bond acceptors (Lipinski definition) is 3. The van der Waals surface area contributed by atoms with E-state index in [-0.39, 0.29) is 0 Å². The van der Waals surface area contributed by atoms with E-state index in [1.165, 1.54) is 0 Å². The van der Waals surface area contributed by atoms with E-state index in [4.69, 9.17) is 5.73 Å². The van der Waals surface area contributed by atoms with E-state index in [1.54, 1.807) is 6.20 Å². The summed E-state index contributed by atoms with van der Waals surface area (Å²) in [4.78, 5) is 5.94. The molecule has 0 bridgehead atoms. The lowest BCUT2D eigenvalue weighted by Gasteiger charge is -2.17. The van der Waals surface area contributed by atoms with Gasteiger partial charge in [0.1, 0.15) is 5.84 Å². The molecule has 0 atom stereocenters. The highest BCUT2D eigenvalue weighted by molar-refractivity contribution is 5.93. The maximum absolute atomic E-state index is 5.58. The third-order valence-electron chi connectivity index (χ3n) is 1.67. The van der Waals surface area contributed by atoms with Crippen LogP contribution in [-0.2, 0) is 0 Å². The van der Waals surface area contributed by atoms with Crippen LogP contribution in [0, 0.1) is 0 Å². The summed E-state index contributed by atoms with van der Waals surface area (Å²) in [7, 11) is 0. The smallest absolute Gasteiger partial charge is 0.125 e. The van der Waals surface area contributed by atoms with E-state index >= 15 is 0 Å². The first-order valence-electron chi connectivity index (χ1n) is 3.71. The molecule has 0 amide bonds. The molecule has 0 aromatic carbocycles. The van der Waals surface area contributed by atoms with Gasteiger partial charge in [-0.05, 0) is 12.2 Å². The van der Waals surface area contributed by atoms with Crippen molar-refractivity contribution in [3.05, 3.63) is 48.6 Å². The normalized spacial score (nSPS) is 19.8. The lowest BCUT2D eigenvalue weighted by Crippen LogP contribution is -2.12. The molecule has 2 N–H and O–H groups in total. The Labute approximate surface area is 70.9 Å². The monoisotopic (exact) mass is 159 g/mol. The molecule has 0 unspecified atom stereocenters. The van der Waals surface area contributed by atoms with Gasteiger partial charge in [-0.1, -0.05) is 6.08 Å². The fraction of sp³-hybridized carbons (Fsp3) is 0. The predicted octanol–water partition coefficient (Wildman–Crippen LogP) is 1.10. The molecule has 3 nitrogen and oxygen atoms in total. The zero-order valence-electron chi connectivity index (χ0n) is 6.51. The summed E-state index contributed by atoms with van der Waals surface area (Å²) in [6, 6.07) is 0. The van der Waals surface area contributed by atoms with Crippen molar-refractivity contribution < 1.29 is 0 Å². The lowest BCUT2D eigenvalue weighted by molar-refractivity contribution is 0.647.